The first-order valence-electron chi connectivity index (χ1n) is 15.1. The fraction of sp³-hybridized carbons (Fsp3) is 0. The molecule has 0 aliphatic carbocycles. The molecule has 0 spiro atoms. The fourth-order valence-electron chi connectivity index (χ4n) is 6.24. The van der Waals surface area contributed by atoms with Gasteiger partial charge in [0.1, 0.15) is 11.8 Å². The minimum absolute atomic E-state index is 0.539. The molecule has 3 heterocycles. The van der Waals surface area contributed by atoms with Gasteiger partial charge in [-0.2, -0.15) is 4.98 Å². The molecule has 0 saturated carbocycles. The third-order valence-electron chi connectivity index (χ3n) is 8.40. The number of fused-ring (bicyclic) bond motifs is 4. The molecule has 9 rings (SSSR count). The van der Waals surface area contributed by atoms with E-state index in [0.29, 0.717) is 11.8 Å². The van der Waals surface area contributed by atoms with Gasteiger partial charge in [0.25, 0.3) is 0 Å². The highest BCUT2D eigenvalue weighted by Gasteiger charge is 2.19. The van der Waals surface area contributed by atoms with Crippen LogP contribution in [-0.2, 0) is 0 Å². The van der Waals surface area contributed by atoms with Crippen LogP contribution < -0.4 is 0 Å². The maximum Gasteiger partial charge on any atom is 0.238 e. The molecule has 0 aliphatic rings. The lowest BCUT2D eigenvalue weighted by Crippen LogP contribution is -2.03. The van der Waals surface area contributed by atoms with E-state index in [1.165, 1.54) is 0 Å². The summed E-state index contributed by atoms with van der Waals surface area (Å²) in [5.74, 6) is 1.14. The van der Waals surface area contributed by atoms with Crippen molar-refractivity contribution in [2.24, 2.45) is 0 Å². The monoisotopic (exact) mass is 591 g/mol. The topological polar surface area (TPSA) is 74.3 Å². The first-order chi connectivity index (χ1) is 22.8. The molecule has 7 nitrogen and oxygen atoms in total. The van der Waals surface area contributed by atoms with E-state index in [0.717, 1.165) is 66.3 Å². The highest BCUT2D eigenvalue weighted by Crippen LogP contribution is 2.35. The molecular formula is C39H25N7. The van der Waals surface area contributed by atoms with Crippen molar-refractivity contribution in [1.29, 1.82) is 0 Å². The molecule has 0 bridgehead atoms. The van der Waals surface area contributed by atoms with Crippen LogP contribution in [0, 0.1) is 0 Å². The Bertz CT molecular complexity index is 2460. The first-order valence-corrected chi connectivity index (χ1v) is 15.1. The van der Waals surface area contributed by atoms with Gasteiger partial charge in [0, 0.05) is 16.3 Å². The number of benzene rings is 6. The summed E-state index contributed by atoms with van der Waals surface area (Å²) < 4.78 is 3.97. The van der Waals surface area contributed by atoms with E-state index in [1.807, 2.05) is 53.2 Å². The lowest BCUT2D eigenvalue weighted by atomic mass is 9.96. The van der Waals surface area contributed by atoms with Crippen molar-refractivity contribution >= 4 is 32.8 Å². The minimum atomic E-state index is 0.539. The summed E-state index contributed by atoms with van der Waals surface area (Å²) in [5.41, 5.74) is 10.0. The Balaban J connectivity index is 1.24. The summed E-state index contributed by atoms with van der Waals surface area (Å²) in [4.78, 5) is 14.5. The SMILES string of the molecule is c1ccc(-c2cc(-c3ccccc3)cc(-c3ncnc(-n4c5ccccc5c5cc6c(cc54)nnn6-c4ccccc4)n3)c2)cc1. The van der Waals surface area contributed by atoms with Crippen LogP contribution in [0.2, 0.25) is 0 Å². The zero-order valence-corrected chi connectivity index (χ0v) is 24.6. The van der Waals surface area contributed by atoms with Crippen molar-refractivity contribution in [1.82, 2.24) is 34.5 Å². The molecule has 0 N–H and O–H groups in total. The summed E-state index contributed by atoms with van der Waals surface area (Å²) in [5, 5.41) is 11.2. The Labute approximate surface area is 264 Å². The molecule has 0 unspecified atom stereocenters. The van der Waals surface area contributed by atoms with Crippen LogP contribution in [0.3, 0.4) is 0 Å². The van der Waals surface area contributed by atoms with Gasteiger partial charge in [-0.1, -0.05) is 102 Å². The zero-order chi connectivity index (χ0) is 30.5. The zero-order valence-electron chi connectivity index (χ0n) is 24.6. The minimum Gasteiger partial charge on any atom is -0.278 e. The smallest absolute Gasteiger partial charge is 0.238 e. The molecule has 0 atom stereocenters. The van der Waals surface area contributed by atoms with Crippen LogP contribution >= 0.6 is 0 Å². The molecule has 3 aromatic heterocycles. The van der Waals surface area contributed by atoms with Gasteiger partial charge in [0.05, 0.1) is 22.2 Å². The van der Waals surface area contributed by atoms with E-state index in [1.54, 1.807) is 6.33 Å². The van der Waals surface area contributed by atoms with Gasteiger partial charge in [-0.15, -0.1) is 5.10 Å². The molecule has 0 aliphatic heterocycles. The van der Waals surface area contributed by atoms with E-state index in [2.05, 4.69) is 117 Å². The predicted octanol–water partition coefficient (Wildman–Crippen LogP) is 8.70. The van der Waals surface area contributed by atoms with E-state index >= 15 is 0 Å². The second-order valence-electron chi connectivity index (χ2n) is 11.2. The number of aromatic nitrogens is 7. The van der Waals surface area contributed by atoms with Crippen molar-refractivity contribution in [3.8, 4) is 45.3 Å². The molecule has 7 heteroatoms. The summed E-state index contributed by atoms with van der Waals surface area (Å²) in [6, 6.07) is 50.0. The largest absolute Gasteiger partial charge is 0.278 e. The first kappa shape index (κ1) is 26.0. The van der Waals surface area contributed by atoms with Crippen LogP contribution in [-0.4, -0.2) is 34.5 Å². The molecule has 9 aromatic rings. The van der Waals surface area contributed by atoms with Crippen LogP contribution in [0.5, 0.6) is 0 Å². The van der Waals surface area contributed by atoms with Crippen molar-refractivity contribution in [3.05, 3.63) is 152 Å². The van der Waals surface area contributed by atoms with Crippen molar-refractivity contribution in [2.45, 2.75) is 0 Å². The highest BCUT2D eigenvalue weighted by atomic mass is 15.4. The third-order valence-corrected chi connectivity index (χ3v) is 8.40. The molecule has 46 heavy (non-hydrogen) atoms. The summed E-state index contributed by atoms with van der Waals surface area (Å²) in [6.45, 7) is 0. The third kappa shape index (κ3) is 4.33. The number of hydrogen-bond donors (Lipinski definition) is 0. The Kier molecular flexibility index (Phi) is 5.99. The van der Waals surface area contributed by atoms with Gasteiger partial charge in [-0.3, -0.25) is 4.57 Å². The van der Waals surface area contributed by atoms with Crippen molar-refractivity contribution < 1.29 is 0 Å². The molecule has 216 valence electrons. The lowest BCUT2D eigenvalue weighted by Gasteiger charge is -2.11. The molecule has 0 radical (unpaired) electrons. The number of rotatable bonds is 5. The normalized spacial score (nSPS) is 11.5. The van der Waals surface area contributed by atoms with Crippen LogP contribution in [0.15, 0.2) is 152 Å². The van der Waals surface area contributed by atoms with Gasteiger partial charge in [-0.05, 0) is 70.8 Å². The second-order valence-corrected chi connectivity index (χ2v) is 11.2. The maximum absolute atomic E-state index is 5.09. The van der Waals surface area contributed by atoms with Crippen LogP contribution in [0.25, 0.3) is 78.1 Å². The predicted molar refractivity (Wildman–Crippen MR) is 183 cm³/mol. The highest BCUT2D eigenvalue weighted by molar-refractivity contribution is 6.12. The van der Waals surface area contributed by atoms with E-state index < -0.39 is 0 Å². The quantitative estimate of drug-likeness (QED) is 0.200. The summed E-state index contributed by atoms with van der Waals surface area (Å²) >= 11 is 0. The molecule has 0 fully saturated rings. The summed E-state index contributed by atoms with van der Waals surface area (Å²) in [6.07, 6.45) is 1.60. The second kappa shape index (κ2) is 10.6. The van der Waals surface area contributed by atoms with E-state index in [-0.39, 0.29) is 0 Å². The molecule has 6 aromatic carbocycles. The Morgan fingerprint density at radius 3 is 1.80 bits per heavy atom. The van der Waals surface area contributed by atoms with Gasteiger partial charge < -0.3 is 0 Å². The van der Waals surface area contributed by atoms with Gasteiger partial charge in [0.2, 0.25) is 5.95 Å². The number of hydrogen-bond acceptors (Lipinski definition) is 5. The fourth-order valence-corrected chi connectivity index (χ4v) is 6.24. The van der Waals surface area contributed by atoms with Gasteiger partial charge in [0.15, 0.2) is 5.82 Å². The van der Waals surface area contributed by atoms with E-state index in [4.69, 9.17) is 9.97 Å². The van der Waals surface area contributed by atoms with Crippen molar-refractivity contribution in [3.63, 3.8) is 0 Å². The average Bonchev–Trinajstić information content (AvgIpc) is 3.70. The van der Waals surface area contributed by atoms with Crippen molar-refractivity contribution in [2.75, 3.05) is 0 Å². The van der Waals surface area contributed by atoms with Crippen LogP contribution in [0.4, 0.5) is 0 Å². The molecule has 0 amide bonds. The number of para-hydroxylation sites is 2. The van der Waals surface area contributed by atoms with Crippen LogP contribution in [0.1, 0.15) is 0 Å². The molecule has 0 saturated heterocycles. The Morgan fingerprint density at radius 2 is 1.09 bits per heavy atom. The number of nitrogens with zero attached hydrogens (tertiary/aromatic N) is 7. The van der Waals surface area contributed by atoms with E-state index in [9.17, 15) is 0 Å². The Morgan fingerprint density at radius 1 is 0.457 bits per heavy atom. The average molecular weight is 592 g/mol. The van der Waals surface area contributed by atoms with Gasteiger partial charge >= 0.3 is 0 Å². The Hall–Kier alpha value is -6.47. The molecular weight excluding hydrogens is 566 g/mol. The van der Waals surface area contributed by atoms with Gasteiger partial charge in [-0.25, -0.2) is 14.6 Å². The lowest BCUT2D eigenvalue weighted by molar-refractivity contribution is 0.824. The summed E-state index contributed by atoms with van der Waals surface area (Å²) in [7, 11) is 0. The standard InChI is InChI=1S/C39H25N7/c1-4-12-26(13-5-1)28-20-29(27-14-6-2-7-15-27)22-30(21-28)38-40-25-41-39(42-38)45-35-19-11-10-18-32(35)33-23-37-34(24-36(33)45)43-44-46(37)31-16-8-3-9-17-31/h1-25H. The maximum atomic E-state index is 5.09.